The van der Waals surface area contributed by atoms with Gasteiger partial charge in [-0.2, -0.15) is 0 Å². The highest BCUT2D eigenvalue weighted by Gasteiger charge is 2.22. The number of rotatable bonds is 9. The van der Waals surface area contributed by atoms with E-state index in [0.717, 1.165) is 18.6 Å². The molecule has 0 saturated heterocycles. The number of nitrogens with one attached hydrogen (secondary N) is 1. The van der Waals surface area contributed by atoms with Crippen LogP contribution in [0.25, 0.3) is 0 Å². The van der Waals surface area contributed by atoms with Gasteiger partial charge < -0.3 is 10.4 Å². The number of thioether (sulfide) groups is 1. The Morgan fingerprint density at radius 3 is 2.24 bits per heavy atom. The van der Waals surface area contributed by atoms with Crippen molar-refractivity contribution in [2.45, 2.75) is 69.9 Å². The largest absolute Gasteiger partial charge is 0.394 e. The summed E-state index contributed by atoms with van der Waals surface area (Å²) in [5.74, 6) is 1.69. The third-order valence-corrected chi connectivity index (χ3v) is 4.77. The molecule has 0 aliphatic rings. The first kappa shape index (κ1) is 18.5. The van der Waals surface area contributed by atoms with E-state index in [1.54, 1.807) is 0 Å². The summed E-state index contributed by atoms with van der Waals surface area (Å²) in [5, 5.41) is 13.0. The Balaban J connectivity index is 2.36. The van der Waals surface area contributed by atoms with E-state index in [4.69, 9.17) is 0 Å². The van der Waals surface area contributed by atoms with Crippen molar-refractivity contribution in [1.82, 2.24) is 5.32 Å². The smallest absolute Gasteiger partial charge is 0.0610 e. The molecule has 3 heteroatoms. The third-order valence-electron chi connectivity index (χ3n) is 3.67. The lowest BCUT2D eigenvalue weighted by Gasteiger charge is -2.31. The maximum absolute atomic E-state index is 9.56. The average Bonchev–Trinajstić information content (AvgIpc) is 2.43. The van der Waals surface area contributed by atoms with Crippen molar-refractivity contribution in [1.29, 1.82) is 0 Å². The topological polar surface area (TPSA) is 32.3 Å². The summed E-state index contributed by atoms with van der Waals surface area (Å²) in [5.41, 5.74) is 1.24. The van der Waals surface area contributed by atoms with E-state index in [1.165, 1.54) is 10.5 Å². The van der Waals surface area contributed by atoms with Gasteiger partial charge >= 0.3 is 0 Å². The van der Waals surface area contributed by atoms with E-state index in [0.29, 0.717) is 12.0 Å². The van der Waals surface area contributed by atoms with Gasteiger partial charge in [-0.15, -0.1) is 11.8 Å². The predicted octanol–water partition coefficient (Wildman–Crippen LogP) is 4.43. The van der Waals surface area contributed by atoms with Crippen LogP contribution in [0, 0.1) is 0 Å². The molecule has 0 spiro atoms. The normalized spacial score (nSPS) is 14.7. The molecule has 2 N–H and O–H groups in total. The average molecular weight is 310 g/mol. The number of aliphatic hydroxyl groups is 1. The van der Waals surface area contributed by atoms with Crippen LogP contribution in [-0.4, -0.2) is 29.0 Å². The Morgan fingerprint density at radius 2 is 1.76 bits per heavy atom. The molecule has 1 rings (SSSR count). The molecule has 120 valence electrons. The van der Waals surface area contributed by atoms with Crippen molar-refractivity contribution in [3.63, 3.8) is 0 Å². The zero-order valence-electron chi connectivity index (χ0n) is 14.1. The summed E-state index contributed by atoms with van der Waals surface area (Å²) in [7, 11) is 0. The monoisotopic (exact) mass is 309 g/mol. The first-order chi connectivity index (χ1) is 9.86. The molecule has 21 heavy (non-hydrogen) atoms. The molecule has 0 radical (unpaired) electrons. The van der Waals surface area contributed by atoms with Gasteiger partial charge in [0.2, 0.25) is 0 Å². The summed E-state index contributed by atoms with van der Waals surface area (Å²) in [4.78, 5) is 1.34. The zero-order valence-corrected chi connectivity index (χ0v) is 15.0. The van der Waals surface area contributed by atoms with Crippen LogP contribution < -0.4 is 5.32 Å². The van der Waals surface area contributed by atoms with Crippen molar-refractivity contribution in [3.05, 3.63) is 29.8 Å². The molecular formula is C18H31NOS. The molecule has 2 nitrogen and oxygen atoms in total. The number of benzene rings is 1. The summed E-state index contributed by atoms with van der Waals surface area (Å²) >= 11 is 1.90. The first-order valence-corrected chi connectivity index (χ1v) is 8.96. The molecule has 0 aliphatic heterocycles. The molecule has 0 bridgehead atoms. The minimum absolute atomic E-state index is 0.157. The second-order valence-corrected chi connectivity index (χ2v) is 7.86. The van der Waals surface area contributed by atoms with Crippen LogP contribution in [0.15, 0.2) is 29.2 Å². The van der Waals surface area contributed by atoms with E-state index in [1.807, 2.05) is 11.8 Å². The molecule has 0 saturated carbocycles. The van der Waals surface area contributed by atoms with Crippen LogP contribution in [0.5, 0.6) is 0 Å². The van der Waals surface area contributed by atoms with Crippen LogP contribution in [-0.2, 0) is 0 Å². The molecule has 0 amide bonds. The van der Waals surface area contributed by atoms with Gasteiger partial charge in [-0.1, -0.05) is 39.8 Å². The van der Waals surface area contributed by atoms with Gasteiger partial charge in [0, 0.05) is 16.5 Å². The SMILES string of the molecule is CC(C)NC(C)(CO)CCCSc1ccc(C(C)C)cc1. The van der Waals surface area contributed by atoms with E-state index in [2.05, 4.69) is 64.2 Å². The Bertz CT molecular complexity index is 402. The second-order valence-electron chi connectivity index (χ2n) is 6.69. The molecule has 0 fully saturated rings. The lowest BCUT2D eigenvalue weighted by molar-refractivity contribution is 0.156. The fourth-order valence-corrected chi connectivity index (χ4v) is 3.35. The molecular weight excluding hydrogens is 278 g/mol. The highest BCUT2D eigenvalue weighted by molar-refractivity contribution is 7.99. The van der Waals surface area contributed by atoms with Gasteiger partial charge in [-0.25, -0.2) is 0 Å². The highest BCUT2D eigenvalue weighted by Crippen LogP contribution is 2.24. The van der Waals surface area contributed by atoms with Gasteiger partial charge in [0.25, 0.3) is 0 Å². The fourth-order valence-electron chi connectivity index (χ4n) is 2.50. The van der Waals surface area contributed by atoms with Gasteiger partial charge in [-0.3, -0.25) is 0 Å². The number of aliphatic hydroxyl groups excluding tert-OH is 1. The highest BCUT2D eigenvalue weighted by atomic mass is 32.2. The minimum Gasteiger partial charge on any atom is -0.394 e. The van der Waals surface area contributed by atoms with Crippen LogP contribution in [0.1, 0.15) is 58.9 Å². The van der Waals surface area contributed by atoms with Crippen LogP contribution in [0.4, 0.5) is 0 Å². The summed E-state index contributed by atoms with van der Waals surface area (Å²) in [6.07, 6.45) is 2.10. The Kier molecular flexibility index (Phi) is 7.78. The van der Waals surface area contributed by atoms with E-state index >= 15 is 0 Å². The molecule has 1 unspecified atom stereocenters. The van der Waals surface area contributed by atoms with Crippen LogP contribution >= 0.6 is 11.8 Å². The molecule has 0 aromatic heterocycles. The van der Waals surface area contributed by atoms with Crippen molar-refractivity contribution in [2.24, 2.45) is 0 Å². The van der Waals surface area contributed by atoms with Crippen molar-refractivity contribution < 1.29 is 5.11 Å². The maximum atomic E-state index is 9.56. The van der Waals surface area contributed by atoms with E-state index in [9.17, 15) is 5.11 Å². The van der Waals surface area contributed by atoms with E-state index in [-0.39, 0.29) is 12.1 Å². The Morgan fingerprint density at radius 1 is 1.14 bits per heavy atom. The van der Waals surface area contributed by atoms with Crippen LogP contribution in [0.3, 0.4) is 0 Å². The molecule has 1 aromatic rings. The zero-order chi connectivity index (χ0) is 15.9. The van der Waals surface area contributed by atoms with Gasteiger partial charge in [-0.05, 0) is 49.1 Å². The molecule has 0 heterocycles. The first-order valence-electron chi connectivity index (χ1n) is 7.97. The van der Waals surface area contributed by atoms with Crippen molar-refractivity contribution in [3.8, 4) is 0 Å². The number of hydrogen-bond acceptors (Lipinski definition) is 3. The Hall–Kier alpha value is -0.510. The Labute approximate surface area is 134 Å². The predicted molar refractivity (Wildman–Crippen MR) is 94.3 cm³/mol. The maximum Gasteiger partial charge on any atom is 0.0610 e. The second kappa shape index (κ2) is 8.82. The lowest BCUT2D eigenvalue weighted by Crippen LogP contribution is -2.49. The van der Waals surface area contributed by atoms with Gasteiger partial charge in [0.15, 0.2) is 0 Å². The molecule has 1 aromatic carbocycles. The van der Waals surface area contributed by atoms with Gasteiger partial charge in [0.1, 0.15) is 0 Å². The summed E-state index contributed by atoms with van der Waals surface area (Å²) < 4.78 is 0. The third kappa shape index (κ3) is 6.86. The van der Waals surface area contributed by atoms with Gasteiger partial charge in [0.05, 0.1) is 6.61 Å². The standard InChI is InChI=1S/C18H31NOS/c1-14(2)16-7-9-17(10-8-16)21-12-6-11-18(5,13-20)19-15(3)4/h7-10,14-15,19-20H,6,11-13H2,1-5H3. The molecule has 0 aliphatic carbocycles. The fraction of sp³-hybridized carbons (Fsp3) is 0.667. The van der Waals surface area contributed by atoms with Crippen molar-refractivity contribution >= 4 is 11.8 Å². The van der Waals surface area contributed by atoms with Crippen molar-refractivity contribution in [2.75, 3.05) is 12.4 Å². The summed E-state index contributed by atoms with van der Waals surface area (Å²) in [6, 6.07) is 9.30. The lowest BCUT2D eigenvalue weighted by atomic mass is 9.96. The minimum atomic E-state index is -0.157. The molecule has 1 atom stereocenters. The number of hydrogen-bond donors (Lipinski definition) is 2. The summed E-state index contributed by atoms with van der Waals surface area (Å²) in [6.45, 7) is 11.0. The van der Waals surface area contributed by atoms with Crippen LogP contribution in [0.2, 0.25) is 0 Å². The quantitative estimate of drug-likeness (QED) is 0.523. The van der Waals surface area contributed by atoms with E-state index < -0.39 is 0 Å².